The number of halogens is 2. The van der Waals surface area contributed by atoms with Crippen molar-refractivity contribution in [2.75, 3.05) is 16.2 Å². The van der Waals surface area contributed by atoms with Crippen LogP contribution in [0.15, 0.2) is 102 Å². The third-order valence-electron chi connectivity index (χ3n) is 5.37. The fourth-order valence-electron chi connectivity index (χ4n) is 3.57. The van der Waals surface area contributed by atoms with E-state index in [1.54, 1.807) is 18.2 Å². The molecule has 0 aliphatic rings. The van der Waals surface area contributed by atoms with E-state index in [9.17, 15) is 13.2 Å². The van der Waals surface area contributed by atoms with E-state index in [1.165, 1.54) is 30.3 Å². The summed E-state index contributed by atoms with van der Waals surface area (Å²) in [5.41, 5.74) is 3.47. The first-order valence-electron chi connectivity index (χ1n) is 10.7. The molecule has 0 saturated heterocycles. The van der Waals surface area contributed by atoms with Gasteiger partial charge >= 0.3 is 0 Å². The third-order valence-corrected chi connectivity index (χ3v) is 7.90. The molecular weight excluding hydrogens is 503 g/mol. The fourth-order valence-corrected chi connectivity index (χ4v) is 5.28. The monoisotopic (exact) mass is 524 g/mol. The van der Waals surface area contributed by atoms with E-state index in [4.69, 9.17) is 23.2 Å². The summed E-state index contributed by atoms with van der Waals surface area (Å²) in [5.74, 6) is -0.504. The maximum atomic E-state index is 13.6. The van der Waals surface area contributed by atoms with Crippen molar-refractivity contribution in [3.05, 3.63) is 113 Å². The quantitative estimate of drug-likeness (QED) is 0.289. The molecular formula is C27H22Cl2N2O3S. The lowest BCUT2D eigenvalue weighted by Crippen LogP contribution is -2.38. The Hall–Kier alpha value is -3.32. The van der Waals surface area contributed by atoms with Gasteiger partial charge in [-0.15, -0.1) is 0 Å². The van der Waals surface area contributed by atoms with Crippen LogP contribution in [0.1, 0.15) is 5.56 Å². The SMILES string of the molecule is Cc1ccc(S(=O)(=O)N(CC(=O)Nc2ccccc2-c2ccccc2)c2ccc(Cl)c(Cl)c2)cc1. The second-order valence-electron chi connectivity index (χ2n) is 7.88. The summed E-state index contributed by atoms with van der Waals surface area (Å²) in [5, 5.41) is 3.33. The van der Waals surface area contributed by atoms with Crippen molar-refractivity contribution in [1.82, 2.24) is 0 Å². The topological polar surface area (TPSA) is 66.5 Å². The van der Waals surface area contributed by atoms with Gasteiger partial charge in [-0.2, -0.15) is 0 Å². The highest BCUT2D eigenvalue weighted by atomic mass is 35.5. The Morgan fingerprint density at radius 2 is 1.49 bits per heavy atom. The van der Waals surface area contributed by atoms with E-state index in [1.807, 2.05) is 55.5 Å². The molecule has 4 aromatic rings. The standard InChI is InChI=1S/C27H22Cl2N2O3S/c1-19-11-14-22(15-12-19)35(33,34)31(21-13-16-24(28)25(29)17-21)18-27(32)30-26-10-6-5-9-23(26)20-7-3-2-4-8-20/h2-17H,18H2,1H3,(H,30,32). The number of benzene rings is 4. The smallest absolute Gasteiger partial charge is 0.264 e. The number of rotatable bonds is 7. The second-order valence-corrected chi connectivity index (χ2v) is 10.6. The Morgan fingerprint density at radius 3 is 2.17 bits per heavy atom. The van der Waals surface area contributed by atoms with Crippen molar-refractivity contribution in [2.45, 2.75) is 11.8 Å². The molecule has 0 aliphatic carbocycles. The first kappa shape index (κ1) is 24.8. The number of aryl methyl sites for hydroxylation is 1. The van der Waals surface area contributed by atoms with Crippen molar-refractivity contribution in [3.63, 3.8) is 0 Å². The van der Waals surface area contributed by atoms with Crippen LogP contribution in [0.4, 0.5) is 11.4 Å². The number of nitrogens with one attached hydrogen (secondary N) is 1. The van der Waals surface area contributed by atoms with Gasteiger partial charge in [-0.25, -0.2) is 8.42 Å². The summed E-state index contributed by atoms with van der Waals surface area (Å²) >= 11 is 12.2. The summed E-state index contributed by atoms with van der Waals surface area (Å²) in [7, 11) is -4.08. The Labute approximate surface area is 215 Å². The summed E-state index contributed by atoms with van der Waals surface area (Å²) < 4.78 is 28.2. The minimum Gasteiger partial charge on any atom is -0.324 e. The van der Waals surface area contributed by atoms with Gasteiger partial charge in [0.1, 0.15) is 6.54 Å². The number of hydrogen-bond acceptors (Lipinski definition) is 3. The van der Waals surface area contributed by atoms with Crippen LogP contribution in [-0.4, -0.2) is 20.9 Å². The average Bonchev–Trinajstić information content (AvgIpc) is 2.85. The van der Waals surface area contributed by atoms with Gasteiger partial charge in [0.05, 0.1) is 20.6 Å². The highest BCUT2D eigenvalue weighted by Crippen LogP contribution is 2.31. The molecule has 8 heteroatoms. The average molecular weight is 525 g/mol. The molecule has 1 N–H and O–H groups in total. The second kappa shape index (κ2) is 10.5. The molecule has 0 atom stereocenters. The van der Waals surface area contributed by atoms with Crippen molar-refractivity contribution in [1.29, 1.82) is 0 Å². The van der Waals surface area contributed by atoms with E-state index in [2.05, 4.69) is 5.32 Å². The lowest BCUT2D eigenvalue weighted by Gasteiger charge is -2.25. The molecule has 0 spiro atoms. The minimum absolute atomic E-state index is 0.0617. The first-order chi connectivity index (χ1) is 16.8. The number of carbonyl (C=O) groups is 1. The van der Waals surface area contributed by atoms with E-state index in [0.717, 1.165) is 21.0 Å². The molecule has 0 saturated carbocycles. The predicted molar refractivity (Wildman–Crippen MR) is 143 cm³/mol. The Kier molecular flexibility index (Phi) is 7.45. The van der Waals surface area contributed by atoms with Gasteiger partial charge in [-0.3, -0.25) is 9.10 Å². The number of hydrogen-bond donors (Lipinski definition) is 1. The number of anilines is 2. The zero-order valence-corrected chi connectivity index (χ0v) is 21.1. The van der Waals surface area contributed by atoms with Crippen LogP contribution in [-0.2, 0) is 14.8 Å². The Balaban J connectivity index is 1.69. The van der Waals surface area contributed by atoms with E-state index < -0.39 is 22.5 Å². The molecule has 0 fully saturated rings. The van der Waals surface area contributed by atoms with Crippen LogP contribution in [0.25, 0.3) is 11.1 Å². The van der Waals surface area contributed by atoms with Gasteiger partial charge in [0.25, 0.3) is 10.0 Å². The predicted octanol–water partition coefficient (Wildman–Crippen LogP) is 6.80. The largest absolute Gasteiger partial charge is 0.324 e. The van der Waals surface area contributed by atoms with Crippen LogP contribution in [0.5, 0.6) is 0 Å². The molecule has 0 unspecified atom stereocenters. The number of amides is 1. The lowest BCUT2D eigenvalue weighted by molar-refractivity contribution is -0.114. The summed E-state index contributed by atoms with van der Waals surface area (Å²) in [6, 6.07) is 27.8. The van der Waals surface area contributed by atoms with Crippen molar-refractivity contribution >= 4 is 50.5 Å². The van der Waals surface area contributed by atoms with Crippen LogP contribution in [0.3, 0.4) is 0 Å². The first-order valence-corrected chi connectivity index (χ1v) is 12.9. The fraction of sp³-hybridized carbons (Fsp3) is 0.0741. The maximum Gasteiger partial charge on any atom is 0.264 e. The lowest BCUT2D eigenvalue weighted by atomic mass is 10.0. The van der Waals surface area contributed by atoms with Gasteiger partial charge in [-0.05, 0) is 48.9 Å². The molecule has 4 rings (SSSR count). The summed E-state index contributed by atoms with van der Waals surface area (Å²) in [6.45, 7) is 1.40. The van der Waals surface area contributed by atoms with Gasteiger partial charge in [-0.1, -0.05) is 89.4 Å². The van der Waals surface area contributed by atoms with E-state index in [-0.39, 0.29) is 20.6 Å². The molecule has 0 aliphatic heterocycles. The van der Waals surface area contributed by atoms with Crippen molar-refractivity contribution < 1.29 is 13.2 Å². The van der Waals surface area contributed by atoms with Crippen LogP contribution in [0, 0.1) is 6.92 Å². The zero-order chi connectivity index (χ0) is 25.0. The molecule has 35 heavy (non-hydrogen) atoms. The third kappa shape index (κ3) is 5.68. The van der Waals surface area contributed by atoms with Gasteiger partial charge in [0.15, 0.2) is 0 Å². The summed E-state index contributed by atoms with van der Waals surface area (Å²) in [4.78, 5) is 13.2. The molecule has 0 radical (unpaired) electrons. The highest BCUT2D eigenvalue weighted by molar-refractivity contribution is 7.92. The molecule has 0 bridgehead atoms. The number of nitrogens with zero attached hydrogens (tertiary/aromatic N) is 1. The highest BCUT2D eigenvalue weighted by Gasteiger charge is 2.28. The van der Waals surface area contributed by atoms with Crippen LogP contribution in [0.2, 0.25) is 10.0 Å². The van der Waals surface area contributed by atoms with E-state index >= 15 is 0 Å². The van der Waals surface area contributed by atoms with E-state index in [0.29, 0.717) is 5.69 Å². The molecule has 5 nitrogen and oxygen atoms in total. The zero-order valence-electron chi connectivity index (χ0n) is 18.8. The van der Waals surface area contributed by atoms with Gasteiger partial charge in [0, 0.05) is 11.3 Å². The Morgan fingerprint density at radius 1 is 0.829 bits per heavy atom. The molecule has 4 aromatic carbocycles. The maximum absolute atomic E-state index is 13.6. The van der Waals surface area contributed by atoms with Crippen LogP contribution >= 0.6 is 23.2 Å². The number of para-hydroxylation sites is 1. The normalized spacial score (nSPS) is 11.2. The molecule has 178 valence electrons. The molecule has 1 amide bonds. The number of carbonyl (C=O) groups excluding carboxylic acids is 1. The van der Waals surface area contributed by atoms with Crippen molar-refractivity contribution in [3.8, 4) is 11.1 Å². The molecule has 0 heterocycles. The summed E-state index contributed by atoms with van der Waals surface area (Å²) in [6.07, 6.45) is 0. The minimum atomic E-state index is -4.08. The van der Waals surface area contributed by atoms with Gasteiger partial charge < -0.3 is 5.32 Å². The van der Waals surface area contributed by atoms with Crippen LogP contribution < -0.4 is 9.62 Å². The Bertz CT molecular complexity index is 1460. The van der Waals surface area contributed by atoms with Crippen molar-refractivity contribution in [2.24, 2.45) is 0 Å². The molecule has 0 aromatic heterocycles. The number of sulfonamides is 1. The van der Waals surface area contributed by atoms with Gasteiger partial charge in [0.2, 0.25) is 5.91 Å².